The monoisotopic (exact) mass is 502 g/mol. The van der Waals surface area contributed by atoms with Crippen LogP contribution in [-0.4, -0.2) is 9.97 Å². The third-order valence-corrected chi connectivity index (χ3v) is 8.40. The largest absolute Gasteiger partial charge is 0.228 e. The van der Waals surface area contributed by atoms with Gasteiger partial charge in [-0.25, -0.2) is 9.97 Å². The third kappa shape index (κ3) is 4.13. The fourth-order valence-corrected chi connectivity index (χ4v) is 6.33. The van der Waals surface area contributed by atoms with Crippen molar-refractivity contribution in [3.8, 4) is 33.9 Å². The Balaban J connectivity index is 1.31. The summed E-state index contributed by atoms with van der Waals surface area (Å²) < 4.78 is 0. The molecule has 5 aromatic rings. The predicted molar refractivity (Wildman–Crippen MR) is 161 cm³/mol. The molecule has 2 heteroatoms. The van der Waals surface area contributed by atoms with Crippen LogP contribution in [0.5, 0.6) is 0 Å². The smallest absolute Gasteiger partial charge is 0.160 e. The first-order chi connectivity index (χ1) is 19.1. The van der Waals surface area contributed by atoms with Gasteiger partial charge >= 0.3 is 0 Å². The second-order valence-corrected chi connectivity index (χ2v) is 11.1. The van der Waals surface area contributed by atoms with Gasteiger partial charge < -0.3 is 0 Å². The fourth-order valence-electron chi connectivity index (χ4n) is 6.33. The third-order valence-electron chi connectivity index (χ3n) is 8.40. The van der Waals surface area contributed by atoms with Gasteiger partial charge in [0.15, 0.2) is 5.82 Å². The van der Waals surface area contributed by atoms with Gasteiger partial charge in [-0.05, 0) is 45.7 Å². The van der Waals surface area contributed by atoms with Gasteiger partial charge in [0, 0.05) is 22.6 Å². The van der Waals surface area contributed by atoms with Crippen LogP contribution in [0.3, 0.4) is 0 Å². The number of hydrogen-bond acceptors (Lipinski definition) is 2. The van der Waals surface area contributed by atoms with E-state index in [2.05, 4.69) is 135 Å². The van der Waals surface area contributed by atoms with Gasteiger partial charge in [0.2, 0.25) is 0 Å². The lowest BCUT2D eigenvalue weighted by Gasteiger charge is -2.30. The number of fused-ring (bicyclic) bond motifs is 3. The summed E-state index contributed by atoms with van der Waals surface area (Å²) in [6.45, 7) is 4.75. The highest BCUT2D eigenvalue weighted by atomic mass is 14.9. The van der Waals surface area contributed by atoms with Crippen LogP contribution in [0.1, 0.15) is 36.5 Å². The second-order valence-electron chi connectivity index (χ2n) is 11.1. The maximum Gasteiger partial charge on any atom is 0.160 e. The van der Waals surface area contributed by atoms with Crippen LogP contribution in [-0.2, 0) is 5.41 Å². The summed E-state index contributed by atoms with van der Waals surface area (Å²) in [7, 11) is 0. The summed E-state index contributed by atoms with van der Waals surface area (Å²) in [6, 6.07) is 40.4. The summed E-state index contributed by atoms with van der Waals surface area (Å²) in [5, 5.41) is 0. The van der Waals surface area contributed by atoms with E-state index in [0.29, 0.717) is 11.8 Å². The van der Waals surface area contributed by atoms with E-state index in [9.17, 15) is 0 Å². The van der Waals surface area contributed by atoms with Crippen molar-refractivity contribution in [3.05, 3.63) is 150 Å². The van der Waals surface area contributed by atoms with Crippen LogP contribution >= 0.6 is 0 Å². The zero-order valence-electron chi connectivity index (χ0n) is 22.3. The molecule has 0 amide bonds. The van der Waals surface area contributed by atoms with Gasteiger partial charge in [-0.3, -0.25) is 0 Å². The fraction of sp³-hybridized carbons (Fsp3) is 0.135. The average Bonchev–Trinajstić information content (AvgIpc) is 3.24. The SMILES string of the molecule is CC1(C)c2ccccc2C2C=C(c3cccc(-c4nc(-c5ccccc5)cc(-c5ccccc5)n4)c3)C=CC21. The highest BCUT2D eigenvalue weighted by molar-refractivity contribution is 5.80. The minimum absolute atomic E-state index is 0.126. The Kier molecular flexibility index (Phi) is 5.63. The first-order valence-corrected chi connectivity index (χ1v) is 13.7. The Morgan fingerprint density at radius 2 is 1.18 bits per heavy atom. The maximum atomic E-state index is 5.04. The van der Waals surface area contributed by atoms with Crippen molar-refractivity contribution in [2.75, 3.05) is 0 Å². The summed E-state index contributed by atoms with van der Waals surface area (Å²) in [5.41, 5.74) is 10.5. The zero-order chi connectivity index (χ0) is 26.4. The Labute approximate surface area is 230 Å². The number of allylic oxidation sites excluding steroid dienone is 4. The number of rotatable bonds is 4. The molecule has 2 aliphatic rings. The molecular weight excluding hydrogens is 472 g/mol. The molecule has 39 heavy (non-hydrogen) atoms. The van der Waals surface area contributed by atoms with E-state index in [4.69, 9.17) is 9.97 Å². The van der Waals surface area contributed by atoms with Crippen LogP contribution in [0.25, 0.3) is 39.5 Å². The van der Waals surface area contributed by atoms with Crippen molar-refractivity contribution in [1.29, 1.82) is 0 Å². The second kappa shape index (κ2) is 9.32. The van der Waals surface area contributed by atoms with Crippen molar-refractivity contribution in [2.45, 2.75) is 25.2 Å². The highest BCUT2D eigenvalue weighted by Crippen LogP contribution is 2.54. The minimum Gasteiger partial charge on any atom is -0.228 e. The number of benzene rings is 4. The van der Waals surface area contributed by atoms with E-state index >= 15 is 0 Å². The molecule has 1 aromatic heterocycles. The number of hydrogen-bond donors (Lipinski definition) is 0. The van der Waals surface area contributed by atoms with E-state index in [1.165, 1.54) is 22.3 Å². The van der Waals surface area contributed by atoms with Crippen LogP contribution < -0.4 is 0 Å². The summed E-state index contributed by atoms with van der Waals surface area (Å²) in [5.74, 6) is 1.60. The van der Waals surface area contributed by atoms with Crippen LogP contribution in [0.4, 0.5) is 0 Å². The lowest BCUT2D eigenvalue weighted by Crippen LogP contribution is -2.25. The molecule has 4 aromatic carbocycles. The van der Waals surface area contributed by atoms with E-state index in [1.54, 1.807) is 0 Å². The van der Waals surface area contributed by atoms with Gasteiger partial charge in [-0.1, -0.05) is 135 Å². The van der Waals surface area contributed by atoms with Gasteiger partial charge in [-0.2, -0.15) is 0 Å². The summed E-state index contributed by atoms with van der Waals surface area (Å²) in [6.07, 6.45) is 7.20. The lowest BCUT2D eigenvalue weighted by molar-refractivity contribution is 0.395. The average molecular weight is 503 g/mol. The first-order valence-electron chi connectivity index (χ1n) is 13.7. The Morgan fingerprint density at radius 1 is 0.590 bits per heavy atom. The molecule has 2 unspecified atom stereocenters. The zero-order valence-corrected chi connectivity index (χ0v) is 22.3. The Bertz CT molecular complexity index is 1670. The molecule has 2 aliphatic carbocycles. The molecule has 0 spiro atoms. The molecule has 0 saturated heterocycles. The first kappa shape index (κ1) is 23.5. The molecular formula is C37H30N2. The van der Waals surface area contributed by atoms with Gasteiger partial charge in [0.05, 0.1) is 11.4 Å². The Hall–Kier alpha value is -4.56. The molecule has 2 atom stereocenters. The standard InChI is InChI=1S/C37H30N2/c1-37(2)32-19-10-9-18-30(32)31-23-28(20-21-33(31)37)27-16-11-17-29(22-27)36-38-34(25-12-5-3-6-13-25)24-35(39-36)26-14-7-4-8-15-26/h3-24,31,33H,1-2H3. The molecule has 0 radical (unpaired) electrons. The van der Waals surface area contributed by atoms with Gasteiger partial charge in [0.25, 0.3) is 0 Å². The molecule has 1 heterocycles. The van der Waals surface area contributed by atoms with Crippen molar-refractivity contribution in [1.82, 2.24) is 9.97 Å². The molecule has 0 fully saturated rings. The van der Waals surface area contributed by atoms with Crippen molar-refractivity contribution in [2.24, 2.45) is 5.92 Å². The quantitative estimate of drug-likeness (QED) is 0.245. The molecule has 2 nitrogen and oxygen atoms in total. The normalized spacial score (nSPS) is 18.8. The molecule has 0 N–H and O–H groups in total. The topological polar surface area (TPSA) is 25.8 Å². The number of aromatic nitrogens is 2. The minimum atomic E-state index is 0.126. The Morgan fingerprint density at radius 3 is 1.87 bits per heavy atom. The molecule has 188 valence electrons. The molecule has 0 saturated carbocycles. The van der Waals surface area contributed by atoms with E-state index in [0.717, 1.165) is 33.9 Å². The van der Waals surface area contributed by atoms with E-state index < -0.39 is 0 Å². The summed E-state index contributed by atoms with van der Waals surface area (Å²) >= 11 is 0. The number of nitrogens with zero attached hydrogens (tertiary/aromatic N) is 2. The van der Waals surface area contributed by atoms with Crippen LogP contribution in [0.2, 0.25) is 0 Å². The molecule has 0 bridgehead atoms. The van der Waals surface area contributed by atoms with Crippen molar-refractivity contribution < 1.29 is 0 Å². The highest BCUT2D eigenvalue weighted by Gasteiger charge is 2.44. The van der Waals surface area contributed by atoms with Crippen molar-refractivity contribution in [3.63, 3.8) is 0 Å². The maximum absolute atomic E-state index is 5.04. The van der Waals surface area contributed by atoms with E-state index in [-0.39, 0.29) is 5.41 Å². The van der Waals surface area contributed by atoms with Crippen LogP contribution in [0.15, 0.2) is 133 Å². The van der Waals surface area contributed by atoms with Gasteiger partial charge in [-0.15, -0.1) is 0 Å². The van der Waals surface area contributed by atoms with E-state index in [1.807, 2.05) is 12.1 Å². The molecule has 7 rings (SSSR count). The van der Waals surface area contributed by atoms with Crippen LogP contribution in [0, 0.1) is 5.92 Å². The van der Waals surface area contributed by atoms with Crippen molar-refractivity contribution >= 4 is 5.57 Å². The predicted octanol–water partition coefficient (Wildman–Crippen LogP) is 9.12. The summed E-state index contributed by atoms with van der Waals surface area (Å²) in [4.78, 5) is 10.1. The lowest BCUT2D eigenvalue weighted by atomic mass is 9.73. The van der Waals surface area contributed by atoms with Gasteiger partial charge in [0.1, 0.15) is 0 Å². The molecule has 0 aliphatic heterocycles.